The van der Waals surface area contributed by atoms with Crippen LogP contribution in [-0.2, 0) is 24.0 Å². The molecule has 3 aliphatic carbocycles. The molecule has 0 radical (unpaired) electrons. The molecule has 13 heteroatoms. The fraction of sp³-hybridized carbons (Fsp3) is 0.722. The highest BCUT2D eigenvalue weighted by Crippen LogP contribution is 2.43. The molecule has 13 nitrogen and oxygen atoms in total. The molecule has 0 spiro atoms. The first-order valence-electron chi connectivity index (χ1n) is 18.2. The smallest absolute Gasteiger partial charge is 0.289 e. The molecule has 268 valence electrons. The maximum absolute atomic E-state index is 14.6. The average molecular weight is 680 g/mol. The second kappa shape index (κ2) is 15.8. The molecule has 4 fully saturated rings. The normalized spacial score (nSPS) is 24.2. The number of rotatable bonds is 13. The molecule has 5 rings (SSSR count). The average Bonchev–Trinajstić information content (AvgIpc) is 3.65. The SMILES string of the molecule is CCC[C@H](NC(=O)[C@H]1[C@@H]2CCC[C@H]2CN1C(=O)[C@@H](NC(=O)[C@H](NC(=O)c1cnccn1)C1CCCCC1)C(C)(C)C)C(=O)C(=O)NC1CC1. The Morgan fingerprint density at radius 3 is 2.27 bits per heavy atom. The van der Waals surface area contributed by atoms with E-state index in [0.717, 1.165) is 64.2 Å². The molecule has 5 amide bonds. The van der Waals surface area contributed by atoms with Gasteiger partial charge >= 0.3 is 0 Å². The predicted octanol–water partition coefficient (Wildman–Crippen LogP) is 2.45. The molecule has 6 atom stereocenters. The number of nitrogens with zero attached hydrogens (tertiary/aromatic N) is 3. The summed E-state index contributed by atoms with van der Waals surface area (Å²) in [5.74, 6) is -3.20. The zero-order valence-corrected chi connectivity index (χ0v) is 29.3. The summed E-state index contributed by atoms with van der Waals surface area (Å²) in [5.41, 5.74) is -0.638. The molecule has 49 heavy (non-hydrogen) atoms. The first kappa shape index (κ1) is 36.4. The largest absolute Gasteiger partial charge is 0.347 e. The Kier molecular flexibility index (Phi) is 11.7. The van der Waals surface area contributed by atoms with Crippen LogP contribution in [0.1, 0.15) is 115 Å². The van der Waals surface area contributed by atoms with Crippen LogP contribution in [0.3, 0.4) is 0 Å². The quantitative estimate of drug-likeness (QED) is 0.230. The Labute approximate surface area is 288 Å². The van der Waals surface area contributed by atoms with E-state index in [1.54, 1.807) is 4.90 Å². The van der Waals surface area contributed by atoms with Crippen LogP contribution in [0.2, 0.25) is 0 Å². The molecule has 4 N–H and O–H groups in total. The lowest BCUT2D eigenvalue weighted by atomic mass is 9.82. The fourth-order valence-corrected chi connectivity index (χ4v) is 7.87. The van der Waals surface area contributed by atoms with Crippen LogP contribution >= 0.6 is 0 Å². The van der Waals surface area contributed by atoms with Crippen molar-refractivity contribution in [1.82, 2.24) is 36.1 Å². The minimum atomic E-state index is -0.994. The van der Waals surface area contributed by atoms with E-state index < -0.39 is 59.0 Å². The standard InChI is InChI=1S/C36H53N7O6/c1-5-10-25(29(44)34(48)39-23-15-16-23)40-33(47)28-24-14-9-13-22(24)20-43(28)35(49)30(36(2,3)4)42-32(46)27(21-11-7-6-8-12-21)41-31(45)26-19-37-17-18-38-26/h17-19,21-25,27-28,30H,5-16,20H2,1-4H3,(H,39,48)(H,40,47)(H,41,45)(H,42,46)/t22-,24+,25-,27+,28+,30+/m0/s1. The van der Waals surface area contributed by atoms with Gasteiger partial charge in [0.05, 0.1) is 12.2 Å². The number of fused-ring (bicyclic) bond motifs is 1. The van der Waals surface area contributed by atoms with Crippen molar-refractivity contribution in [3.8, 4) is 0 Å². The molecule has 1 aromatic rings. The molecule has 2 heterocycles. The number of hydrogen-bond donors (Lipinski definition) is 4. The zero-order valence-electron chi connectivity index (χ0n) is 29.3. The Morgan fingerprint density at radius 2 is 1.63 bits per heavy atom. The Bertz CT molecular complexity index is 1390. The van der Waals surface area contributed by atoms with Crippen LogP contribution < -0.4 is 21.3 Å². The number of carbonyl (C=O) groups excluding carboxylic acids is 6. The molecular weight excluding hydrogens is 626 g/mol. The van der Waals surface area contributed by atoms with E-state index in [2.05, 4.69) is 31.2 Å². The van der Waals surface area contributed by atoms with Crippen LogP contribution in [0, 0.1) is 23.2 Å². The molecular formula is C36H53N7O6. The second-order valence-corrected chi connectivity index (χ2v) is 15.5. The van der Waals surface area contributed by atoms with E-state index in [4.69, 9.17) is 0 Å². The number of amides is 5. The van der Waals surface area contributed by atoms with Crippen molar-refractivity contribution < 1.29 is 28.8 Å². The number of likely N-dealkylation sites (tertiary alicyclic amines) is 1. The number of hydrogen-bond acceptors (Lipinski definition) is 8. The third-order valence-corrected chi connectivity index (χ3v) is 10.7. The maximum Gasteiger partial charge on any atom is 0.289 e. The lowest BCUT2D eigenvalue weighted by molar-refractivity contribution is -0.146. The topological polar surface area (TPSA) is 180 Å². The van der Waals surface area contributed by atoms with Gasteiger partial charge in [-0.2, -0.15) is 0 Å². The van der Waals surface area contributed by atoms with Gasteiger partial charge in [0.15, 0.2) is 0 Å². The van der Waals surface area contributed by atoms with Gasteiger partial charge in [-0.15, -0.1) is 0 Å². The van der Waals surface area contributed by atoms with Crippen molar-refractivity contribution in [3.63, 3.8) is 0 Å². The first-order chi connectivity index (χ1) is 23.4. The molecule has 4 aliphatic rings. The Hall–Kier alpha value is -3.90. The van der Waals surface area contributed by atoms with E-state index in [0.29, 0.717) is 19.4 Å². The highest BCUT2D eigenvalue weighted by molar-refractivity contribution is 6.38. The molecule has 0 unspecified atom stereocenters. The van der Waals surface area contributed by atoms with Gasteiger partial charge in [0.1, 0.15) is 23.8 Å². The number of aromatic nitrogens is 2. The van der Waals surface area contributed by atoms with Gasteiger partial charge in [0.25, 0.3) is 11.8 Å². The lowest BCUT2D eigenvalue weighted by Gasteiger charge is -2.38. The summed E-state index contributed by atoms with van der Waals surface area (Å²) in [5, 5.41) is 11.5. The summed E-state index contributed by atoms with van der Waals surface area (Å²) < 4.78 is 0. The molecule has 0 aromatic carbocycles. The lowest BCUT2D eigenvalue weighted by Crippen LogP contribution is -2.62. The van der Waals surface area contributed by atoms with E-state index in [1.807, 2.05) is 27.7 Å². The third kappa shape index (κ3) is 8.83. The van der Waals surface area contributed by atoms with Crippen molar-refractivity contribution >= 4 is 35.3 Å². The minimum Gasteiger partial charge on any atom is -0.347 e. The van der Waals surface area contributed by atoms with Crippen LogP contribution in [0.4, 0.5) is 0 Å². The number of ketones is 1. The summed E-state index contributed by atoms with van der Waals surface area (Å²) in [6, 6.07) is -3.68. The fourth-order valence-electron chi connectivity index (χ4n) is 7.87. The second-order valence-electron chi connectivity index (χ2n) is 15.5. The zero-order chi connectivity index (χ0) is 35.3. The highest BCUT2D eigenvalue weighted by Gasteiger charge is 2.52. The summed E-state index contributed by atoms with van der Waals surface area (Å²) >= 11 is 0. The van der Waals surface area contributed by atoms with Crippen molar-refractivity contribution in [1.29, 1.82) is 0 Å². The first-order valence-corrected chi connectivity index (χ1v) is 18.2. The van der Waals surface area contributed by atoms with E-state index >= 15 is 0 Å². The highest BCUT2D eigenvalue weighted by atomic mass is 16.2. The van der Waals surface area contributed by atoms with E-state index in [-0.39, 0.29) is 35.4 Å². The van der Waals surface area contributed by atoms with Gasteiger partial charge in [0.2, 0.25) is 23.5 Å². The molecule has 1 aliphatic heterocycles. The van der Waals surface area contributed by atoms with E-state index in [9.17, 15) is 28.8 Å². The summed E-state index contributed by atoms with van der Waals surface area (Å²) in [6.45, 7) is 7.85. The van der Waals surface area contributed by atoms with Crippen LogP contribution in [0.25, 0.3) is 0 Å². The van der Waals surface area contributed by atoms with Crippen LogP contribution in [0.15, 0.2) is 18.6 Å². The molecule has 0 bridgehead atoms. The van der Waals surface area contributed by atoms with Crippen LogP contribution in [-0.4, -0.2) is 86.9 Å². The maximum atomic E-state index is 14.6. The number of nitrogens with one attached hydrogen (secondary N) is 4. The molecule has 1 saturated heterocycles. The number of Topliss-reactive ketones (excluding diaryl/α,β-unsaturated/α-hetero) is 1. The van der Waals surface area contributed by atoms with Gasteiger partial charge in [-0.05, 0) is 68.1 Å². The van der Waals surface area contributed by atoms with Crippen molar-refractivity contribution in [3.05, 3.63) is 24.3 Å². The summed E-state index contributed by atoms with van der Waals surface area (Å²) in [4.78, 5) is 91.4. The van der Waals surface area contributed by atoms with E-state index in [1.165, 1.54) is 18.6 Å². The van der Waals surface area contributed by atoms with Gasteiger partial charge in [-0.3, -0.25) is 33.8 Å². The van der Waals surface area contributed by atoms with Crippen molar-refractivity contribution in [2.75, 3.05) is 6.54 Å². The van der Waals surface area contributed by atoms with Crippen molar-refractivity contribution in [2.45, 2.75) is 135 Å². The Morgan fingerprint density at radius 1 is 0.898 bits per heavy atom. The predicted molar refractivity (Wildman–Crippen MR) is 181 cm³/mol. The van der Waals surface area contributed by atoms with Crippen LogP contribution in [0.5, 0.6) is 0 Å². The van der Waals surface area contributed by atoms with Crippen molar-refractivity contribution in [2.24, 2.45) is 23.2 Å². The molecule has 3 saturated carbocycles. The number of carbonyl (C=O) groups is 6. The molecule has 1 aromatic heterocycles. The van der Waals surface area contributed by atoms with Gasteiger partial charge in [-0.1, -0.05) is 59.8 Å². The van der Waals surface area contributed by atoms with Gasteiger partial charge < -0.3 is 26.2 Å². The minimum absolute atomic E-state index is 0.0132. The monoisotopic (exact) mass is 679 g/mol. The Balaban J connectivity index is 1.36. The summed E-state index contributed by atoms with van der Waals surface area (Å²) in [6.07, 6.45) is 13.9. The van der Waals surface area contributed by atoms with Gasteiger partial charge in [-0.25, -0.2) is 4.98 Å². The summed E-state index contributed by atoms with van der Waals surface area (Å²) in [7, 11) is 0. The van der Waals surface area contributed by atoms with Gasteiger partial charge in [0, 0.05) is 25.0 Å². The third-order valence-electron chi connectivity index (χ3n) is 10.7.